The van der Waals surface area contributed by atoms with Crippen molar-refractivity contribution in [3.05, 3.63) is 35.0 Å². The fraction of sp³-hybridized carbons (Fsp3) is 0.550. The van der Waals surface area contributed by atoms with E-state index in [9.17, 15) is 9.90 Å². The molecule has 0 aliphatic heterocycles. The Bertz CT molecular complexity index is 662. The van der Waals surface area contributed by atoms with E-state index in [4.69, 9.17) is 9.47 Å². The number of aliphatic hydroxyl groups excluding tert-OH is 1. The number of methoxy groups -OCH3 is 2. The summed E-state index contributed by atoms with van der Waals surface area (Å²) < 4.78 is 10.7. The molecule has 0 radical (unpaired) electrons. The van der Waals surface area contributed by atoms with Gasteiger partial charge in [0.15, 0.2) is 17.3 Å². The van der Waals surface area contributed by atoms with Crippen LogP contribution in [0.25, 0.3) is 0 Å². The van der Waals surface area contributed by atoms with Crippen molar-refractivity contribution in [3.63, 3.8) is 0 Å². The van der Waals surface area contributed by atoms with Crippen molar-refractivity contribution >= 4 is 5.78 Å². The molecular formula is C20H29NO4. The molecule has 2 rings (SSSR count). The standard InChI is InChI=1S/C20H29NO4/c1-13(22)17-10-19(25-5)18(24-4)8-14(17)6-7-21-15-9-16(23)12-20(2,3)11-15/h8-10,13,21-22H,6-7,11-12H2,1-5H3. The van der Waals surface area contributed by atoms with Crippen LogP contribution in [-0.4, -0.2) is 31.7 Å². The largest absolute Gasteiger partial charge is 0.493 e. The lowest BCUT2D eigenvalue weighted by atomic mass is 9.79. The van der Waals surface area contributed by atoms with E-state index in [1.165, 1.54) is 0 Å². The zero-order valence-corrected chi connectivity index (χ0v) is 15.8. The third kappa shape index (κ3) is 4.98. The van der Waals surface area contributed by atoms with E-state index in [-0.39, 0.29) is 11.2 Å². The SMILES string of the molecule is COc1cc(CCNC2=CC(=O)CC(C)(C)C2)c(C(C)O)cc1OC. The highest BCUT2D eigenvalue weighted by Crippen LogP contribution is 2.34. The summed E-state index contributed by atoms with van der Waals surface area (Å²) in [6.07, 6.45) is 3.31. The second-order valence-electron chi connectivity index (χ2n) is 7.41. The van der Waals surface area contributed by atoms with Gasteiger partial charge in [0.2, 0.25) is 0 Å². The highest BCUT2D eigenvalue weighted by atomic mass is 16.5. The van der Waals surface area contributed by atoms with Gasteiger partial charge in [-0.3, -0.25) is 4.79 Å². The van der Waals surface area contributed by atoms with Gasteiger partial charge in [-0.15, -0.1) is 0 Å². The monoisotopic (exact) mass is 347 g/mol. The van der Waals surface area contributed by atoms with Crippen molar-refractivity contribution in [1.29, 1.82) is 0 Å². The third-order valence-corrected chi connectivity index (χ3v) is 4.50. The lowest BCUT2D eigenvalue weighted by molar-refractivity contribution is -0.117. The van der Waals surface area contributed by atoms with Crippen LogP contribution in [0.1, 0.15) is 50.8 Å². The maximum Gasteiger partial charge on any atom is 0.161 e. The van der Waals surface area contributed by atoms with Crippen LogP contribution in [0.4, 0.5) is 0 Å². The topological polar surface area (TPSA) is 67.8 Å². The van der Waals surface area contributed by atoms with Crippen molar-refractivity contribution < 1.29 is 19.4 Å². The molecule has 1 atom stereocenters. The molecule has 1 aromatic rings. The highest BCUT2D eigenvalue weighted by molar-refractivity contribution is 5.91. The molecule has 25 heavy (non-hydrogen) atoms. The number of nitrogens with one attached hydrogen (secondary N) is 1. The normalized spacial score (nSPS) is 17.7. The smallest absolute Gasteiger partial charge is 0.161 e. The van der Waals surface area contributed by atoms with Crippen LogP contribution in [0.5, 0.6) is 11.5 Å². The number of carbonyl (C=O) groups is 1. The molecule has 0 saturated heterocycles. The summed E-state index contributed by atoms with van der Waals surface area (Å²) in [7, 11) is 3.18. The van der Waals surface area contributed by atoms with Gasteiger partial charge >= 0.3 is 0 Å². The fourth-order valence-electron chi connectivity index (χ4n) is 3.36. The Morgan fingerprint density at radius 1 is 1.20 bits per heavy atom. The summed E-state index contributed by atoms with van der Waals surface area (Å²) in [6.45, 7) is 6.65. The molecule has 1 aliphatic rings. The second kappa shape index (κ2) is 7.91. The summed E-state index contributed by atoms with van der Waals surface area (Å²) >= 11 is 0. The number of rotatable bonds is 7. The van der Waals surface area contributed by atoms with E-state index in [2.05, 4.69) is 19.2 Å². The fourth-order valence-corrected chi connectivity index (χ4v) is 3.36. The summed E-state index contributed by atoms with van der Waals surface area (Å²) in [4.78, 5) is 11.8. The highest BCUT2D eigenvalue weighted by Gasteiger charge is 2.27. The minimum Gasteiger partial charge on any atom is -0.493 e. The summed E-state index contributed by atoms with van der Waals surface area (Å²) in [6, 6.07) is 3.73. The van der Waals surface area contributed by atoms with Crippen LogP contribution in [0, 0.1) is 5.41 Å². The number of benzene rings is 1. The Kier molecular flexibility index (Phi) is 6.11. The third-order valence-electron chi connectivity index (χ3n) is 4.50. The van der Waals surface area contributed by atoms with Crippen molar-refractivity contribution in [1.82, 2.24) is 5.32 Å². The molecule has 5 heteroatoms. The molecule has 0 amide bonds. The van der Waals surface area contributed by atoms with E-state index in [0.29, 0.717) is 30.9 Å². The lowest BCUT2D eigenvalue weighted by Gasteiger charge is -2.29. The summed E-state index contributed by atoms with van der Waals surface area (Å²) in [5.41, 5.74) is 2.82. The molecule has 0 bridgehead atoms. The Hall–Kier alpha value is -2.01. The Morgan fingerprint density at radius 2 is 1.84 bits per heavy atom. The predicted octanol–water partition coefficient (Wildman–Crippen LogP) is 3.16. The zero-order chi connectivity index (χ0) is 18.6. The predicted molar refractivity (Wildman–Crippen MR) is 98.0 cm³/mol. The summed E-state index contributed by atoms with van der Waals surface area (Å²) in [5.74, 6) is 1.43. The first kappa shape index (κ1) is 19.3. The second-order valence-corrected chi connectivity index (χ2v) is 7.41. The number of ketones is 1. The molecule has 1 unspecified atom stereocenters. The molecule has 2 N–H and O–H groups in total. The maximum absolute atomic E-state index is 11.8. The average molecular weight is 347 g/mol. The van der Waals surface area contributed by atoms with Gasteiger partial charge in [-0.1, -0.05) is 13.8 Å². The number of ether oxygens (including phenoxy) is 2. The maximum atomic E-state index is 11.8. The van der Waals surface area contributed by atoms with E-state index < -0.39 is 6.10 Å². The molecule has 1 aromatic carbocycles. The van der Waals surface area contributed by atoms with E-state index in [0.717, 1.165) is 23.2 Å². The first-order valence-electron chi connectivity index (χ1n) is 8.66. The Morgan fingerprint density at radius 3 is 2.40 bits per heavy atom. The Balaban J connectivity index is 2.11. The number of aliphatic hydroxyl groups is 1. The minimum atomic E-state index is -0.593. The quantitative estimate of drug-likeness (QED) is 0.793. The molecular weight excluding hydrogens is 318 g/mol. The molecule has 0 fully saturated rings. The van der Waals surface area contributed by atoms with Gasteiger partial charge in [0.25, 0.3) is 0 Å². The molecule has 0 saturated carbocycles. The number of hydrogen-bond acceptors (Lipinski definition) is 5. The van der Waals surface area contributed by atoms with E-state index in [1.54, 1.807) is 27.2 Å². The Labute approximate surface area is 150 Å². The molecule has 138 valence electrons. The van der Waals surface area contributed by atoms with Gasteiger partial charge in [0.1, 0.15) is 0 Å². The molecule has 0 heterocycles. The van der Waals surface area contributed by atoms with Gasteiger partial charge in [-0.05, 0) is 48.4 Å². The number of allylic oxidation sites excluding steroid dienone is 2. The van der Waals surface area contributed by atoms with Crippen molar-refractivity contribution in [3.8, 4) is 11.5 Å². The van der Waals surface area contributed by atoms with Crippen LogP contribution in [0.15, 0.2) is 23.9 Å². The van der Waals surface area contributed by atoms with Crippen LogP contribution in [0.2, 0.25) is 0 Å². The van der Waals surface area contributed by atoms with Crippen molar-refractivity contribution in [2.75, 3.05) is 20.8 Å². The van der Waals surface area contributed by atoms with Crippen LogP contribution < -0.4 is 14.8 Å². The molecule has 1 aliphatic carbocycles. The lowest BCUT2D eigenvalue weighted by Crippen LogP contribution is -2.29. The van der Waals surface area contributed by atoms with Gasteiger partial charge < -0.3 is 19.9 Å². The number of carbonyl (C=O) groups excluding carboxylic acids is 1. The van der Waals surface area contributed by atoms with Gasteiger partial charge in [-0.2, -0.15) is 0 Å². The minimum absolute atomic E-state index is 0.00225. The van der Waals surface area contributed by atoms with Gasteiger partial charge in [0.05, 0.1) is 20.3 Å². The van der Waals surface area contributed by atoms with E-state index >= 15 is 0 Å². The first-order valence-corrected chi connectivity index (χ1v) is 8.66. The molecule has 5 nitrogen and oxygen atoms in total. The van der Waals surface area contributed by atoms with Crippen molar-refractivity contribution in [2.45, 2.75) is 46.1 Å². The van der Waals surface area contributed by atoms with Crippen LogP contribution in [-0.2, 0) is 11.2 Å². The molecule has 0 spiro atoms. The average Bonchev–Trinajstić information content (AvgIpc) is 2.52. The van der Waals surface area contributed by atoms with Gasteiger partial charge in [-0.25, -0.2) is 0 Å². The van der Waals surface area contributed by atoms with Crippen LogP contribution in [0.3, 0.4) is 0 Å². The van der Waals surface area contributed by atoms with Crippen molar-refractivity contribution in [2.24, 2.45) is 5.41 Å². The first-order chi connectivity index (χ1) is 11.8. The molecule has 0 aromatic heterocycles. The van der Waals surface area contributed by atoms with E-state index in [1.807, 2.05) is 12.1 Å². The number of hydrogen-bond donors (Lipinski definition) is 2. The van der Waals surface area contributed by atoms with Gasteiger partial charge in [0, 0.05) is 24.7 Å². The summed E-state index contributed by atoms with van der Waals surface area (Å²) in [5, 5.41) is 13.4. The zero-order valence-electron chi connectivity index (χ0n) is 15.8. The van der Waals surface area contributed by atoms with Crippen LogP contribution >= 0.6 is 0 Å².